The number of hydrogen-bond donors (Lipinski definition) is 1. The van der Waals surface area contributed by atoms with Crippen molar-refractivity contribution >= 4 is 0 Å². The Bertz CT molecular complexity index is 216. The highest BCUT2D eigenvalue weighted by molar-refractivity contribution is 5.16. The highest BCUT2D eigenvalue weighted by Gasteiger charge is 2.08. The van der Waals surface area contributed by atoms with Crippen LogP contribution in [0.15, 0.2) is 30.3 Å². The summed E-state index contributed by atoms with van der Waals surface area (Å²) in [4.78, 5) is 0. The van der Waals surface area contributed by atoms with Crippen LogP contribution in [0.25, 0.3) is 0 Å². The molecule has 0 radical (unpaired) electrons. The van der Waals surface area contributed by atoms with Gasteiger partial charge in [-0.25, -0.2) is 0 Å². The van der Waals surface area contributed by atoms with E-state index in [1.165, 1.54) is 5.56 Å². The van der Waals surface area contributed by atoms with E-state index in [9.17, 15) is 0 Å². The van der Waals surface area contributed by atoms with Crippen molar-refractivity contribution in [2.75, 3.05) is 0 Å². The summed E-state index contributed by atoms with van der Waals surface area (Å²) in [6.07, 6.45) is 0. The Hall–Kier alpha value is -0.820. The van der Waals surface area contributed by atoms with Crippen LogP contribution >= 0.6 is 0 Å². The van der Waals surface area contributed by atoms with Gasteiger partial charge in [0.05, 0.1) is 6.04 Å². The van der Waals surface area contributed by atoms with Gasteiger partial charge in [0.2, 0.25) is 0 Å². The normalized spacial score (nSPS) is 13.3. The van der Waals surface area contributed by atoms with Crippen LogP contribution in [0.4, 0.5) is 0 Å². The first kappa shape index (κ1) is 9.27. The van der Waals surface area contributed by atoms with Gasteiger partial charge in [0.1, 0.15) is 6.04 Å². The van der Waals surface area contributed by atoms with E-state index in [4.69, 9.17) is 0 Å². The maximum atomic E-state index is 2.37. The van der Waals surface area contributed by atoms with Gasteiger partial charge < -0.3 is 5.32 Å². The Morgan fingerprint density at radius 1 is 1.00 bits per heavy atom. The lowest BCUT2D eigenvalue weighted by Crippen LogP contribution is -2.88. The standard InChI is InChI=1S/C11H17N/c1-9(2)12-10(3)11-7-5-4-6-8-11/h4-10,12H,1-3H3/p+1/t10-/m0/s1. The maximum absolute atomic E-state index is 2.37. The van der Waals surface area contributed by atoms with Gasteiger partial charge in [-0.2, -0.15) is 0 Å². The average Bonchev–Trinajstić information content (AvgIpc) is 2.05. The molecular weight excluding hydrogens is 146 g/mol. The molecule has 0 amide bonds. The van der Waals surface area contributed by atoms with Gasteiger partial charge in [0.15, 0.2) is 0 Å². The molecule has 66 valence electrons. The van der Waals surface area contributed by atoms with Crippen LogP contribution in [-0.2, 0) is 0 Å². The van der Waals surface area contributed by atoms with Gasteiger partial charge in [0, 0.05) is 5.56 Å². The molecule has 2 N–H and O–H groups in total. The molecule has 0 aromatic heterocycles. The fourth-order valence-corrected chi connectivity index (χ4v) is 1.45. The first-order chi connectivity index (χ1) is 5.70. The molecule has 0 aliphatic heterocycles. The molecule has 0 fully saturated rings. The van der Waals surface area contributed by atoms with Crippen molar-refractivity contribution in [3.8, 4) is 0 Å². The zero-order valence-electron chi connectivity index (χ0n) is 8.12. The van der Waals surface area contributed by atoms with Crippen LogP contribution in [0.2, 0.25) is 0 Å². The molecule has 12 heavy (non-hydrogen) atoms. The highest BCUT2D eigenvalue weighted by Crippen LogP contribution is 2.06. The maximum Gasteiger partial charge on any atom is 0.109 e. The fourth-order valence-electron chi connectivity index (χ4n) is 1.45. The molecule has 0 aliphatic rings. The van der Waals surface area contributed by atoms with Crippen LogP contribution in [0, 0.1) is 0 Å². The van der Waals surface area contributed by atoms with Gasteiger partial charge in [-0.1, -0.05) is 30.3 Å². The summed E-state index contributed by atoms with van der Waals surface area (Å²) >= 11 is 0. The van der Waals surface area contributed by atoms with Crippen LogP contribution in [0.5, 0.6) is 0 Å². The second-order valence-corrected chi connectivity index (χ2v) is 3.64. The molecule has 1 nitrogen and oxygen atoms in total. The molecular formula is C11H18N+. The van der Waals surface area contributed by atoms with Crippen LogP contribution < -0.4 is 5.32 Å². The smallest absolute Gasteiger partial charge is 0.109 e. The van der Waals surface area contributed by atoms with Crippen molar-refractivity contribution in [2.24, 2.45) is 0 Å². The minimum atomic E-state index is 0.575. The molecule has 0 heterocycles. The van der Waals surface area contributed by atoms with Gasteiger partial charge in [-0.15, -0.1) is 0 Å². The predicted molar refractivity (Wildman–Crippen MR) is 51.9 cm³/mol. The summed E-state index contributed by atoms with van der Waals surface area (Å²) in [5, 5.41) is 2.37. The quantitative estimate of drug-likeness (QED) is 0.700. The van der Waals surface area contributed by atoms with Gasteiger partial charge >= 0.3 is 0 Å². The molecule has 0 bridgehead atoms. The number of rotatable bonds is 3. The number of quaternary nitrogens is 1. The van der Waals surface area contributed by atoms with Crippen LogP contribution in [-0.4, -0.2) is 6.04 Å². The van der Waals surface area contributed by atoms with E-state index in [1.807, 2.05) is 0 Å². The average molecular weight is 164 g/mol. The Balaban J connectivity index is 2.59. The summed E-state index contributed by atoms with van der Waals surface area (Å²) in [6, 6.07) is 11.9. The third-order valence-corrected chi connectivity index (χ3v) is 2.00. The molecule has 1 aromatic carbocycles. The minimum absolute atomic E-state index is 0.575. The molecule has 0 spiro atoms. The zero-order valence-corrected chi connectivity index (χ0v) is 8.12. The van der Waals surface area contributed by atoms with E-state index in [0.717, 1.165) is 0 Å². The molecule has 0 unspecified atom stereocenters. The van der Waals surface area contributed by atoms with Crippen molar-refractivity contribution < 1.29 is 5.32 Å². The molecule has 1 heteroatoms. The Kier molecular flexibility index (Phi) is 3.30. The van der Waals surface area contributed by atoms with E-state index in [1.54, 1.807) is 0 Å². The van der Waals surface area contributed by atoms with E-state index in [0.29, 0.717) is 12.1 Å². The van der Waals surface area contributed by atoms with Crippen LogP contribution in [0.1, 0.15) is 32.4 Å². The third-order valence-electron chi connectivity index (χ3n) is 2.00. The van der Waals surface area contributed by atoms with Crippen molar-refractivity contribution in [3.63, 3.8) is 0 Å². The summed E-state index contributed by atoms with van der Waals surface area (Å²) in [6.45, 7) is 6.69. The highest BCUT2D eigenvalue weighted by atomic mass is 14.9. The molecule has 1 atom stereocenters. The Morgan fingerprint density at radius 3 is 2.08 bits per heavy atom. The van der Waals surface area contributed by atoms with Crippen molar-refractivity contribution in [1.82, 2.24) is 0 Å². The Labute approximate surface area is 74.8 Å². The third kappa shape index (κ3) is 2.67. The summed E-state index contributed by atoms with van der Waals surface area (Å²) < 4.78 is 0. The van der Waals surface area contributed by atoms with Crippen molar-refractivity contribution in [3.05, 3.63) is 35.9 Å². The molecule has 1 aromatic rings. The van der Waals surface area contributed by atoms with E-state index >= 15 is 0 Å². The lowest BCUT2D eigenvalue weighted by atomic mass is 10.1. The largest absolute Gasteiger partial charge is 0.338 e. The molecule has 0 saturated carbocycles. The molecule has 0 saturated heterocycles. The monoisotopic (exact) mass is 164 g/mol. The minimum Gasteiger partial charge on any atom is -0.338 e. The molecule has 1 rings (SSSR count). The second kappa shape index (κ2) is 4.27. The first-order valence-electron chi connectivity index (χ1n) is 4.60. The predicted octanol–water partition coefficient (Wildman–Crippen LogP) is 1.72. The van der Waals surface area contributed by atoms with Gasteiger partial charge in [0.25, 0.3) is 0 Å². The topological polar surface area (TPSA) is 16.6 Å². The summed E-state index contributed by atoms with van der Waals surface area (Å²) in [7, 11) is 0. The summed E-state index contributed by atoms with van der Waals surface area (Å²) in [5.41, 5.74) is 1.41. The van der Waals surface area contributed by atoms with E-state index in [-0.39, 0.29) is 0 Å². The number of benzene rings is 1. The lowest BCUT2D eigenvalue weighted by Gasteiger charge is -2.13. The van der Waals surface area contributed by atoms with E-state index in [2.05, 4.69) is 56.4 Å². The lowest BCUT2D eigenvalue weighted by molar-refractivity contribution is -0.719. The van der Waals surface area contributed by atoms with Crippen molar-refractivity contribution in [2.45, 2.75) is 32.9 Å². The Morgan fingerprint density at radius 2 is 1.58 bits per heavy atom. The summed E-state index contributed by atoms with van der Waals surface area (Å²) in [5.74, 6) is 0. The SMILES string of the molecule is CC(C)[NH2+][C@@H](C)c1ccccc1. The zero-order chi connectivity index (χ0) is 8.97. The van der Waals surface area contributed by atoms with Gasteiger partial charge in [-0.3, -0.25) is 0 Å². The number of hydrogen-bond acceptors (Lipinski definition) is 0. The van der Waals surface area contributed by atoms with Crippen LogP contribution in [0.3, 0.4) is 0 Å². The fraction of sp³-hybridized carbons (Fsp3) is 0.455. The first-order valence-corrected chi connectivity index (χ1v) is 4.60. The number of nitrogens with two attached hydrogens (primary N) is 1. The van der Waals surface area contributed by atoms with Crippen molar-refractivity contribution in [1.29, 1.82) is 0 Å². The second-order valence-electron chi connectivity index (χ2n) is 3.64. The van der Waals surface area contributed by atoms with Gasteiger partial charge in [-0.05, 0) is 20.8 Å². The molecule has 0 aliphatic carbocycles. The van der Waals surface area contributed by atoms with E-state index < -0.39 is 0 Å².